The minimum Gasteiger partial charge on any atom is -0.354 e. The van der Waals surface area contributed by atoms with Gasteiger partial charge in [0.15, 0.2) is 13.1 Å². The molecule has 1 aliphatic heterocycles. The zero-order valence-electron chi connectivity index (χ0n) is 11.2. The normalized spacial score (nSPS) is 13.8. The van der Waals surface area contributed by atoms with E-state index in [0.29, 0.717) is 6.54 Å². The summed E-state index contributed by atoms with van der Waals surface area (Å²) in [6.45, 7) is 1.36. The van der Waals surface area contributed by atoms with Gasteiger partial charge in [-0.2, -0.15) is 0 Å². The average molecular weight is 262 g/mol. The largest absolute Gasteiger partial charge is 0.354 e. The molecule has 102 valence electrons. The van der Waals surface area contributed by atoms with E-state index in [1.165, 1.54) is 5.56 Å². The molecule has 0 aromatic heterocycles. The van der Waals surface area contributed by atoms with E-state index in [9.17, 15) is 9.59 Å². The van der Waals surface area contributed by atoms with Crippen molar-refractivity contribution >= 4 is 17.5 Å². The Bertz CT molecular complexity index is 474. The fourth-order valence-electron chi connectivity index (χ4n) is 2.33. The first kappa shape index (κ1) is 13.5. The maximum absolute atomic E-state index is 12.2. The van der Waals surface area contributed by atoms with Crippen LogP contribution in [0.15, 0.2) is 24.3 Å². The van der Waals surface area contributed by atoms with E-state index < -0.39 is 0 Å². The molecule has 0 saturated carbocycles. The number of rotatable bonds is 4. The van der Waals surface area contributed by atoms with Crippen LogP contribution >= 0.6 is 0 Å². The molecule has 0 aliphatic carbocycles. The van der Waals surface area contributed by atoms with Crippen LogP contribution in [0, 0.1) is 0 Å². The van der Waals surface area contributed by atoms with E-state index in [-0.39, 0.29) is 18.4 Å². The molecule has 5 heteroatoms. The van der Waals surface area contributed by atoms with Gasteiger partial charge < -0.3 is 15.5 Å². The number of para-hydroxylation sites is 1. The molecule has 1 heterocycles. The van der Waals surface area contributed by atoms with Crippen LogP contribution in [-0.2, 0) is 16.0 Å². The van der Waals surface area contributed by atoms with Gasteiger partial charge in [0, 0.05) is 19.3 Å². The molecular formula is C14H20N3O2+. The number of benzene rings is 1. The molecule has 19 heavy (non-hydrogen) atoms. The first-order chi connectivity index (χ1) is 9.22. The summed E-state index contributed by atoms with van der Waals surface area (Å²) in [5.41, 5.74) is 2.25. The molecule has 0 atom stereocenters. The Morgan fingerprint density at radius 1 is 1.32 bits per heavy atom. The van der Waals surface area contributed by atoms with E-state index in [1.54, 1.807) is 12.4 Å². The van der Waals surface area contributed by atoms with Gasteiger partial charge in [0.25, 0.3) is 11.8 Å². The van der Waals surface area contributed by atoms with E-state index in [0.717, 1.165) is 25.1 Å². The third-order valence-electron chi connectivity index (χ3n) is 3.34. The van der Waals surface area contributed by atoms with Crippen LogP contribution in [0.2, 0.25) is 0 Å². The smallest absolute Gasteiger partial charge is 0.282 e. The third-order valence-corrected chi connectivity index (χ3v) is 3.34. The second-order valence-electron chi connectivity index (χ2n) is 4.65. The van der Waals surface area contributed by atoms with Crippen molar-refractivity contribution in [2.24, 2.45) is 0 Å². The number of hydrogen-bond acceptors (Lipinski definition) is 2. The number of fused-ring (bicyclic) bond motifs is 1. The molecule has 5 nitrogen and oxygen atoms in total. The first-order valence-electron chi connectivity index (χ1n) is 6.63. The number of anilines is 1. The van der Waals surface area contributed by atoms with Gasteiger partial charge in [-0.3, -0.25) is 9.59 Å². The summed E-state index contributed by atoms with van der Waals surface area (Å²) in [7, 11) is 1.60. The molecule has 0 spiro atoms. The van der Waals surface area contributed by atoms with Crippen molar-refractivity contribution in [3.63, 3.8) is 0 Å². The van der Waals surface area contributed by atoms with E-state index in [1.807, 2.05) is 23.1 Å². The Balaban J connectivity index is 1.95. The topological polar surface area (TPSA) is 66.0 Å². The molecule has 1 aromatic carbocycles. The number of amides is 2. The van der Waals surface area contributed by atoms with Gasteiger partial charge in [-0.1, -0.05) is 18.2 Å². The molecule has 0 saturated heterocycles. The van der Waals surface area contributed by atoms with Crippen molar-refractivity contribution in [1.29, 1.82) is 0 Å². The van der Waals surface area contributed by atoms with Gasteiger partial charge >= 0.3 is 0 Å². The average Bonchev–Trinajstić information content (AvgIpc) is 2.46. The molecule has 0 bridgehead atoms. The molecule has 1 aromatic rings. The molecule has 2 rings (SSSR count). The van der Waals surface area contributed by atoms with Crippen molar-refractivity contribution < 1.29 is 14.9 Å². The lowest BCUT2D eigenvalue weighted by Gasteiger charge is -2.28. The second kappa shape index (κ2) is 6.33. The molecule has 0 radical (unpaired) electrons. The van der Waals surface area contributed by atoms with Crippen molar-refractivity contribution in [2.45, 2.75) is 12.8 Å². The number of carbonyl (C=O) groups excluding carboxylic acids is 2. The zero-order chi connectivity index (χ0) is 13.7. The minimum atomic E-state index is -0.0631. The van der Waals surface area contributed by atoms with Gasteiger partial charge in [0.1, 0.15) is 0 Å². The predicted molar refractivity (Wildman–Crippen MR) is 72.8 cm³/mol. The highest BCUT2D eigenvalue weighted by atomic mass is 16.2. The van der Waals surface area contributed by atoms with Crippen LogP contribution in [-0.4, -0.2) is 38.5 Å². The summed E-state index contributed by atoms with van der Waals surface area (Å²) in [5.74, 6) is 0.00268. The van der Waals surface area contributed by atoms with Gasteiger partial charge in [0.05, 0.1) is 0 Å². The summed E-state index contributed by atoms with van der Waals surface area (Å²) in [4.78, 5) is 25.1. The lowest BCUT2D eigenvalue weighted by molar-refractivity contribution is -0.632. The fraction of sp³-hybridized carbons (Fsp3) is 0.429. The van der Waals surface area contributed by atoms with E-state index in [2.05, 4.69) is 11.4 Å². The van der Waals surface area contributed by atoms with Gasteiger partial charge in [-0.15, -0.1) is 0 Å². The standard InChI is InChI=1S/C14H19N3O2/c1-15-13(18)9-16-10-14(19)17-8-4-6-11-5-2-3-7-12(11)17/h2-3,5,7,16H,4,6,8-10H2,1H3,(H,15,18)/p+1. The van der Waals surface area contributed by atoms with Crippen LogP contribution in [0.3, 0.4) is 0 Å². The van der Waals surface area contributed by atoms with Crippen LogP contribution in [0.1, 0.15) is 12.0 Å². The molecule has 0 fully saturated rings. The van der Waals surface area contributed by atoms with Crippen LogP contribution in [0.4, 0.5) is 5.69 Å². The number of quaternary nitrogens is 1. The zero-order valence-corrected chi connectivity index (χ0v) is 11.2. The lowest BCUT2D eigenvalue weighted by Crippen LogP contribution is -2.88. The highest BCUT2D eigenvalue weighted by molar-refractivity contribution is 5.95. The molecule has 2 amide bonds. The summed E-state index contributed by atoms with van der Waals surface area (Å²) in [5, 5.41) is 4.27. The maximum atomic E-state index is 12.2. The van der Waals surface area contributed by atoms with E-state index in [4.69, 9.17) is 0 Å². The Hall–Kier alpha value is -1.88. The Labute approximate surface area is 113 Å². The van der Waals surface area contributed by atoms with Crippen LogP contribution in [0.5, 0.6) is 0 Å². The summed E-state index contributed by atoms with van der Waals surface area (Å²) >= 11 is 0. The molecular weight excluding hydrogens is 242 g/mol. The lowest BCUT2D eigenvalue weighted by atomic mass is 10.0. The Kier molecular flexibility index (Phi) is 4.52. The third kappa shape index (κ3) is 3.32. The van der Waals surface area contributed by atoms with Crippen LogP contribution < -0.4 is 15.5 Å². The summed E-state index contributed by atoms with van der Waals surface area (Å²) < 4.78 is 0. The molecule has 1 aliphatic rings. The van der Waals surface area contributed by atoms with Crippen molar-refractivity contribution in [1.82, 2.24) is 5.32 Å². The van der Waals surface area contributed by atoms with Crippen molar-refractivity contribution in [3.05, 3.63) is 29.8 Å². The van der Waals surface area contributed by atoms with E-state index >= 15 is 0 Å². The summed E-state index contributed by atoms with van der Waals surface area (Å²) in [6, 6.07) is 8.03. The Morgan fingerprint density at radius 3 is 2.89 bits per heavy atom. The highest BCUT2D eigenvalue weighted by Gasteiger charge is 2.22. The molecule has 3 N–H and O–H groups in total. The SMILES string of the molecule is CNC(=O)C[NH2+]CC(=O)N1CCCc2ccccc21. The van der Waals surface area contributed by atoms with Crippen molar-refractivity contribution in [3.8, 4) is 0 Å². The monoisotopic (exact) mass is 262 g/mol. The maximum Gasteiger partial charge on any atom is 0.282 e. The van der Waals surface area contributed by atoms with Crippen LogP contribution in [0.25, 0.3) is 0 Å². The Morgan fingerprint density at radius 2 is 2.11 bits per heavy atom. The quantitative estimate of drug-likeness (QED) is 0.752. The fourth-order valence-corrected chi connectivity index (χ4v) is 2.33. The minimum absolute atomic E-state index is 0.0631. The first-order valence-corrected chi connectivity index (χ1v) is 6.63. The predicted octanol–water partition coefficient (Wildman–Crippen LogP) is -0.725. The molecule has 0 unspecified atom stereocenters. The number of likely N-dealkylation sites (N-methyl/N-ethyl adjacent to an activating group) is 1. The number of aryl methyl sites for hydroxylation is 1. The van der Waals surface area contributed by atoms with Gasteiger partial charge in [-0.05, 0) is 24.5 Å². The van der Waals surface area contributed by atoms with Gasteiger partial charge in [0.2, 0.25) is 0 Å². The number of hydrogen-bond donors (Lipinski definition) is 2. The van der Waals surface area contributed by atoms with Gasteiger partial charge in [-0.25, -0.2) is 0 Å². The second-order valence-corrected chi connectivity index (χ2v) is 4.65. The number of nitrogens with two attached hydrogens (primary N) is 1. The number of nitrogens with one attached hydrogen (secondary N) is 1. The highest BCUT2D eigenvalue weighted by Crippen LogP contribution is 2.26. The number of carbonyl (C=O) groups is 2. The number of nitrogens with zero attached hydrogens (tertiary/aromatic N) is 1. The summed E-state index contributed by atoms with van der Waals surface area (Å²) in [6.07, 6.45) is 2.03. The van der Waals surface area contributed by atoms with Crippen molar-refractivity contribution in [2.75, 3.05) is 31.6 Å².